The van der Waals surface area contributed by atoms with Crippen LogP contribution in [0.25, 0.3) is 6.08 Å². The van der Waals surface area contributed by atoms with Crippen molar-refractivity contribution >= 4 is 33.7 Å². The van der Waals surface area contributed by atoms with Crippen LogP contribution >= 0.6 is 15.9 Å². The zero-order valence-corrected chi connectivity index (χ0v) is 14.0. The van der Waals surface area contributed by atoms with Crippen molar-refractivity contribution in [1.29, 1.82) is 0 Å². The molecule has 4 heteroatoms. The van der Waals surface area contributed by atoms with E-state index in [0.29, 0.717) is 12.0 Å². The number of carboxylic acid groups (broad SMARTS) is 1. The molecule has 0 saturated carbocycles. The van der Waals surface area contributed by atoms with Gasteiger partial charge < -0.3 is 10.0 Å². The van der Waals surface area contributed by atoms with Gasteiger partial charge in [0.2, 0.25) is 0 Å². The average Bonchev–Trinajstić information content (AvgIpc) is 2.73. The molecule has 1 fully saturated rings. The van der Waals surface area contributed by atoms with E-state index in [1.54, 1.807) is 0 Å². The lowest BCUT2D eigenvalue weighted by atomic mass is 10.1. The highest BCUT2D eigenvalue weighted by Gasteiger charge is 2.14. The van der Waals surface area contributed by atoms with Crippen molar-refractivity contribution in [3.8, 4) is 0 Å². The summed E-state index contributed by atoms with van der Waals surface area (Å²) >= 11 is 3.49. The number of aliphatic carboxylic acids is 1. The lowest BCUT2D eigenvalue weighted by Crippen LogP contribution is -2.24. The van der Waals surface area contributed by atoms with E-state index in [4.69, 9.17) is 0 Å². The minimum Gasteiger partial charge on any atom is -0.478 e. The maximum atomic E-state index is 11.3. The Balaban J connectivity index is 2.39. The van der Waals surface area contributed by atoms with Crippen LogP contribution in [0, 0.1) is 0 Å². The molecule has 1 aliphatic heterocycles. The van der Waals surface area contributed by atoms with Crippen LogP contribution in [0.3, 0.4) is 0 Å². The third-order valence-electron chi connectivity index (χ3n) is 3.92. The number of nitrogens with zero attached hydrogens (tertiary/aromatic N) is 1. The SMILES string of the molecule is CCC(=Cc1cc(Br)ccc1N1CCCCCC1)C(=O)O. The molecule has 1 aromatic rings. The van der Waals surface area contributed by atoms with Crippen molar-refractivity contribution in [2.24, 2.45) is 0 Å². The molecule has 0 aromatic heterocycles. The third-order valence-corrected chi connectivity index (χ3v) is 4.41. The van der Waals surface area contributed by atoms with Gasteiger partial charge in [0.05, 0.1) is 0 Å². The van der Waals surface area contributed by atoms with Crippen molar-refractivity contribution in [1.82, 2.24) is 0 Å². The largest absolute Gasteiger partial charge is 0.478 e. The predicted molar refractivity (Wildman–Crippen MR) is 90.7 cm³/mol. The van der Waals surface area contributed by atoms with Crippen molar-refractivity contribution < 1.29 is 9.90 Å². The van der Waals surface area contributed by atoms with Crippen LogP contribution in [-0.2, 0) is 4.79 Å². The van der Waals surface area contributed by atoms with E-state index >= 15 is 0 Å². The summed E-state index contributed by atoms with van der Waals surface area (Å²) < 4.78 is 0.980. The summed E-state index contributed by atoms with van der Waals surface area (Å²) in [5.41, 5.74) is 2.59. The number of anilines is 1. The summed E-state index contributed by atoms with van der Waals surface area (Å²) in [5.74, 6) is -0.834. The van der Waals surface area contributed by atoms with Crippen molar-refractivity contribution in [2.45, 2.75) is 39.0 Å². The molecule has 1 saturated heterocycles. The first-order valence-electron chi connectivity index (χ1n) is 7.60. The highest BCUT2D eigenvalue weighted by Crippen LogP contribution is 2.29. The minimum atomic E-state index is -0.834. The fourth-order valence-electron chi connectivity index (χ4n) is 2.74. The van der Waals surface area contributed by atoms with E-state index in [9.17, 15) is 9.90 Å². The molecular weight excluding hydrogens is 330 g/mol. The molecule has 1 N–H and O–H groups in total. The maximum absolute atomic E-state index is 11.3. The molecular formula is C17H22BrNO2. The van der Waals surface area contributed by atoms with Gasteiger partial charge in [-0.25, -0.2) is 4.79 Å². The summed E-state index contributed by atoms with van der Waals surface area (Å²) in [4.78, 5) is 13.7. The number of benzene rings is 1. The number of carboxylic acids is 1. The standard InChI is InChI=1S/C17H22BrNO2/c1-2-13(17(20)21)11-14-12-15(18)7-8-16(14)19-9-5-3-4-6-10-19/h7-8,11-12H,2-6,9-10H2,1H3,(H,20,21). The summed E-state index contributed by atoms with van der Waals surface area (Å²) in [7, 11) is 0. The van der Waals surface area contributed by atoms with Gasteiger partial charge in [0, 0.05) is 28.8 Å². The van der Waals surface area contributed by atoms with Gasteiger partial charge in [0.25, 0.3) is 0 Å². The first-order chi connectivity index (χ1) is 10.1. The fourth-order valence-corrected chi connectivity index (χ4v) is 3.12. The molecule has 0 radical (unpaired) electrons. The van der Waals surface area contributed by atoms with Gasteiger partial charge in [-0.1, -0.05) is 35.7 Å². The first kappa shape index (κ1) is 16.1. The number of halogens is 1. The third kappa shape index (κ3) is 4.34. The molecule has 0 spiro atoms. The molecule has 0 atom stereocenters. The molecule has 1 aliphatic rings. The Morgan fingerprint density at radius 3 is 2.52 bits per heavy atom. The smallest absolute Gasteiger partial charge is 0.331 e. The van der Waals surface area contributed by atoms with Gasteiger partial charge in [0.15, 0.2) is 0 Å². The molecule has 21 heavy (non-hydrogen) atoms. The molecule has 0 aliphatic carbocycles. The van der Waals surface area contributed by atoms with E-state index < -0.39 is 5.97 Å². The first-order valence-corrected chi connectivity index (χ1v) is 8.39. The molecule has 0 bridgehead atoms. The Morgan fingerprint density at radius 2 is 1.95 bits per heavy atom. The van der Waals surface area contributed by atoms with Crippen LogP contribution in [0.2, 0.25) is 0 Å². The molecule has 2 rings (SSSR count). The second-order valence-corrected chi connectivity index (χ2v) is 6.35. The number of hydrogen-bond donors (Lipinski definition) is 1. The lowest BCUT2D eigenvalue weighted by molar-refractivity contribution is -0.132. The summed E-state index contributed by atoms with van der Waals surface area (Å²) in [5, 5.41) is 9.26. The van der Waals surface area contributed by atoms with E-state index in [0.717, 1.165) is 28.8 Å². The van der Waals surface area contributed by atoms with Crippen molar-refractivity contribution in [3.05, 3.63) is 33.8 Å². The molecule has 0 amide bonds. The van der Waals surface area contributed by atoms with E-state index in [-0.39, 0.29) is 0 Å². The topological polar surface area (TPSA) is 40.5 Å². The Kier molecular flexibility index (Phi) is 5.85. The number of carbonyl (C=O) groups is 1. The fraction of sp³-hybridized carbons (Fsp3) is 0.471. The molecule has 3 nitrogen and oxygen atoms in total. The lowest BCUT2D eigenvalue weighted by Gasteiger charge is -2.25. The minimum absolute atomic E-state index is 0.448. The van der Waals surface area contributed by atoms with Gasteiger partial charge in [0.1, 0.15) is 0 Å². The normalized spacial score (nSPS) is 16.7. The average molecular weight is 352 g/mol. The quantitative estimate of drug-likeness (QED) is 0.798. The van der Waals surface area contributed by atoms with E-state index in [1.807, 2.05) is 25.1 Å². The zero-order chi connectivity index (χ0) is 15.2. The van der Waals surface area contributed by atoms with Gasteiger partial charge in [-0.2, -0.15) is 0 Å². The highest BCUT2D eigenvalue weighted by atomic mass is 79.9. The van der Waals surface area contributed by atoms with Crippen LogP contribution in [0.4, 0.5) is 5.69 Å². The Labute approximate surface area is 134 Å². The van der Waals surface area contributed by atoms with Crippen LogP contribution in [-0.4, -0.2) is 24.2 Å². The van der Waals surface area contributed by atoms with Crippen LogP contribution in [0.1, 0.15) is 44.6 Å². The number of hydrogen-bond acceptors (Lipinski definition) is 2. The molecule has 114 valence electrons. The summed E-state index contributed by atoms with van der Waals surface area (Å²) in [6.07, 6.45) is 7.33. The van der Waals surface area contributed by atoms with Crippen LogP contribution < -0.4 is 4.90 Å². The second-order valence-electron chi connectivity index (χ2n) is 5.43. The molecule has 1 heterocycles. The monoisotopic (exact) mass is 351 g/mol. The Hall–Kier alpha value is -1.29. The van der Waals surface area contributed by atoms with E-state index in [1.165, 1.54) is 25.7 Å². The van der Waals surface area contributed by atoms with Gasteiger partial charge in [-0.3, -0.25) is 0 Å². The second kappa shape index (κ2) is 7.64. The van der Waals surface area contributed by atoms with Gasteiger partial charge in [-0.15, -0.1) is 0 Å². The van der Waals surface area contributed by atoms with Crippen LogP contribution in [0.5, 0.6) is 0 Å². The summed E-state index contributed by atoms with van der Waals surface area (Å²) in [6, 6.07) is 6.14. The zero-order valence-electron chi connectivity index (χ0n) is 12.4. The maximum Gasteiger partial charge on any atom is 0.331 e. The van der Waals surface area contributed by atoms with Gasteiger partial charge >= 0.3 is 5.97 Å². The predicted octanol–water partition coefficient (Wildman–Crippen LogP) is 4.71. The van der Waals surface area contributed by atoms with Crippen LogP contribution in [0.15, 0.2) is 28.2 Å². The van der Waals surface area contributed by atoms with E-state index in [2.05, 4.69) is 26.9 Å². The molecule has 1 aromatic carbocycles. The highest BCUT2D eigenvalue weighted by molar-refractivity contribution is 9.10. The van der Waals surface area contributed by atoms with Crippen molar-refractivity contribution in [2.75, 3.05) is 18.0 Å². The van der Waals surface area contributed by atoms with Crippen molar-refractivity contribution in [3.63, 3.8) is 0 Å². The number of rotatable bonds is 4. The Bertz CT molecular complexity index is 532. The summed E-state index contributed by atoms with van der Waals surface area (Å²) in [6.45, 7) is 3.98. The molecule has 0 unspecified atom stereocenters. The van der Waals surface area contributed by atoms with Gasteiger partial charge in [-0.05, 0) is 49.1 Å². The Morgan fingerprint density at radius 1 is 1.29 bits per heavy atom.